The number of benzene rings is 1. The van der Waals surface area contributed by atoms with Crippen molar-refractivity contribution < 1.29 is 0 Å². The molecule has 1 fully saturated rings. The Bertz CT molecular complexity index is 342. The van der Waals surface area contributed by atoms with E-state index in [2.05, 4.69) is 48.7 Å². The lowest BCUT2D eigenvalue weighted by Crippen LogP contribution is -2.20. The fourth-order valence-electron chi connectivity index (χ4n) is 2.44. The monoisotopic (exact) mass is 215 g/mol. The van der Waals surface area contributed by atoms with Crippen molar-refractivity contribution >= 4 is 0 Å². The molecule has 1 atom stereocenters. The van der Waals surface area contributed by atoms with Gasteiger partial charge in [-0.15, -0.1) is 0 Å². The van der Waals surface area contributed by atoms with Gasteiger partial charge in [-0.3, -0.25) is 4.90 Å². The van der Waals surface area contributed by atoms with Crippen molar-refractivity contribution in [3.05, 3.63) is 48.0 Å². The van der Waals surface area contributed by atoms with Crippen molar-refractivity contribution in [1.82, 2.24) is 4.90 Å². The second-order valence-corrected chi connectivity index (χ2v) is 4.72. The lowest BCUT2D eigenvalue weighted by atomic mass is 9.98. The molecule has 0 bridgehead atoms. The summed E-state index contributed by atoms with van der Waals surface area (Å²) in [7, 11) is 0. The first kappa shape index (κ1) is 11.4. The Balaban J connectivity index is 1.88. The van der Waals surface area contributed by atoms with Crippen LogP contribution in [0.3, 0.4) is 0 Å². The van der Waals surface area contributed by atoms with E-state index in [0.29, 0.717) is 0 Å². The highest BCUT2D eigenvalue weighted by atomic mass is 15.1. The highest BCUT2D eigenvalue weighted by Crippen LogP contribution is 2.25. The van der Waals surface area contributed by atoms with Gasteiger partial charge in [-0.25, -0.2) is 0 Å². The third-order valence-electron chi connectivity index (χ3n) is 3.55. The zero-order valence-electron chi connectivity index (χ0n) is 10.2. The molecule has 86 valence electrons. The molecule has 1 nitrogen and oxygen atoms in total. The molecular formula is C15H21N. The molecule has 1 heterocycles. The topological polar surface area (TPSA) is 3.24 Å². The van der Waals surface area contributed by atoms with Crippen LogP contribution in [0, 0.1) is 5.92 Å². The van der Waals surface area contributed by atoms with Crippen LogP contribution in [0.5, 0.6) is 0 Å². The van der Waals surface area contributed by atoms with Gasteiger partial charge in [0.1, 0.15) is 0 Å². The van der Waals surface area contributed by atoms with E-state index in [-0.39, 0.29) is 0 Å². The quantitative estimate of drug-likeness (QED) is 0.695. The minimum atomic E-state index is 0.730. The van der Waals surface area contributed by atoms with Crippen molar-refractivity contribution in [2.24, 2.45) is 5.92 Å². The summed E-state index contributed by atoms with van der Waals surface area (Å²) in [5, 5.41) is 0. The molecule has 1 aromatic rings. The van der Waals surface area contributed by atoms with E-state index in [4.69, 9.17) is 0 Å². The average Bonchev–Trinajstić information content (AvgIpc) is 2.78. The van der Waals surface area contributed by atoms with Crippen LogP contribution >= 0.6 is 0 Å². The normalized spacial score (nSPS) is 21.2. The maximum absolute atomic E-state index is 4.17. The molecule has 16 heavy (non-hydrogen) atoms. The Morgan fingerprint density at radius 1 is 1.38 bits per heavy atom. The van der Waals surface area contributed by atoms with Crippen LogP contribution in [-0.2, 0) is 6.54 Å². The fourth-order valence-corrected chi connectivity index (χ4v) is 2.44. The molecule has 0 amide bonds. The lowest BCUT2D eigenvalue weighted by molar-refractivity contribution is 0.322. The second kappa shape index (κ2) is 5.31. The standard InChI is InChI=1S/C15H21N/c1-3-13(2)15-9-10-16(12-15)11-14-7-5-4-6-8-14/h4-8,15H,2-3,9-12H2,1H3/t15-/m1/s1. The summed E-state index contributed by atoms with van der Waals surface area (Å²) < 4.78 is 0. The molecule has 0 unspecified atom stereocenters. The summed E-state index contributed by atoms with van der Waals surface area (Å²) in [5.74, 6) is 0.730. The molecule has 0 saturated carbocycles. The van der Waals surface area contributed by atoms with Crippen LogP contribution in [0.4, 0.5) is 0 Å². The Labute approximate surface area is 98.8 Å². The number of hydrogen-bond acceptors (Lipinski definition) is 1. The smallest absolute Gasteiger partial charge is 0.0233 e. The van der Waals surface area contributed by atoms with Crippen molar-refractivity contribution in [2.75, 3.05) is 13.1 Å². The van der Waals surface area contributed by atoms with Crippen LogP contribution < -0.4 is 0 Å². The zero-order valence-corrected chi connectivity index (χ0v) is 10.2. The average molecular weight is 215 g/mol. The van der Waals surface area contributed by atoms with Crippen molar-refractivity contribution in [3.8, 4) is 0 Å². The van der Waals surface area contributed by atoms with E-state index in [1.807, 2.05) is 0 Å². The van der Waals surface area contributed by atoms with E-state index in [1.54, 1.807) is 0 Å². The van der Waals surface area contributed by atoms with Crippen LogP contribution in [0.1, 0.15) is 25.3 Å². The zero-order chi connectivity index (χ0) is 11.4. The maximum Gasteiger partial charge on any atom is 0.0233 e. The lowest BCUT2D eigenvalue weighted by Gasteiger charge is -2.16. The van der Waals surface area contributed by atoms with Crippen molar-refractivity contribution in [3.63, 3.8) is 0 Å². The summed E-state index contributed by atoms with van der Waals surface area (Å²) in [5.41, 5.74) is 2.85. The predicted molar refractivity (Wildman–Crippen MR) is 69.3 cm³/mol. The summed E-state index contributed by atoms with van der Waals surface area (Å²) in [4.78, 5) is 2.54. The number of hydrogen-bond donors (Lipinski definition) is 0. The minimum Gasteiger partial charge on any atom is -0.298 e. The third-order valence-corrected chi connectivity index (χ3v) is 3.55. The summed E-state index contributed by atoms with van der Waals surface area (Å²) in [6.07, 6.45) is 2.42. The largest absolute Gasteiger partial charge is 0.298 e. The van der Waals surface area contributed by atoms with E-state index in [0.717, 1.165) is 18.9 Å². The van der Waals surface area contributed by atoms with Gasteiger partial charge in [0, 0.05) is 13.1 Å². The second-order valence-electron chi connectivity index (χ2n) is 4.72. The maximum atomic E-state index is 4.17. The van der Waals surface area contributed by atoms with Gasteiger partial charge in [-0.2, -0.15) is 0 Å². The number of nitrogens with zero attached hydrogens (tertiary/aromatic N) is 1. The Morgan fingerprint density at radius 3 is 2.81 bits per heavy atom. The van der Waals surface area contributed by atoms with Gasteiger partial charge in [0.2, 0.25) is 0 Å². The molecular weight excluding hydrogens is 194 g/mol. The Kier molecular flexibility index (Phi) is 3.79. The van der Waals surface area contributed by atoms with E-state index >= 15 is 0 Å². The molecule has 0 N–H and O–H groups in total. The minimum absolute atomic E-state index is 0.730. The van der Waals surface area contributed by atoms with Gasteiger partial charge in [-0.1, -0.05) is 49.4 Å². The van der Waals surface area contributed by atoms with Gasteiger partial charge in [-0.05, 0) is 30.9 Å². The Hall–Kier alpha value is -1.08. The molecule has 0 radical (unpaired) electrons. The van der Waals surface area contributed by atoms with Crippen LogP contribution in [-0.4, -0.2) is 18.0 Å². The highest BCUT2D eigenvalue weighted by molar-refractivity contribution is 5.15. The van der Waals surface area contributed by atoms with Gasteiger partial charge in [0.05, 0.1) is 0 Å². The van der Waals surface area contributed by atoms with Gasteiger partial charge in [0.15, 0.2) is 0 Å². The summed E-state index contributed by atoms with van der Waals surface area (Å²) in [6, 6.07) is 10.7. The number of likely N-dealkylation sites (tertiary alicyclic amines) is 1. The first-order valence-electron chi connectivity index (χ1n) is 6.23. The summed E-state index contributed by atoms with van der Waals surface area (Å²) in [6.45, 7) is 9.89. The Morgan fingerprint density at radius 2 is 2.12 bits per heavy atom. The van der Waals surface area contributed by atoms with Gasteiger partial charge in [0.25, 0.3) is 0 Å². The fraction of sp³-hybridized carbons (Fsp3) is 0.467. The number of rotatable bonds is 4. The predicted octanol–water partition coefficient (Wildman–Crippen LogP) is 3.47. The molecule has 1 aliphatic heterocycles. The van der Waals surface area contributed by atoms with E-state index in [1.165, 1.54) is 30.6 Å². The molecule has 2 rings (SSSR count). The highest BCUT2D eigenvalue weighted by Gasteiger charge is 2.23. The van der Waals surface area contributed by atoms with Crippen LogP contribution in [0.15, 0.2) is 42.5 Å². The first-order chi connectivity index (χ1) is 7.79. The van der Waals surface area contributed by atoms with Crippen LogP contribution in [0.25, 0.3) is 0 Å². The van der Waals surface area contributed by atoms with Gasteiger partial charge < -0.3 is 0 Å². The third kappa shape index (κ3) is 2.73. The summed E-state index contributed by atoms with van der Waals surface area (Å²) >= 11 is 0. The molecule has 1 aliphatic rings. The SMILES string of the molecule is C=C(CC)[C@@H]1CCN(Cc2ccccc2)C1. The molecule has 1 saturated heterocycles. The molecule has 0 aromatic heterocycles. The first-order valence-corrected chi connectivity index (χ1v) is 6.23. The van der Waals surface area contributed by atoms with Crippen molar-refractivity contribution in [2.45, 2.75) is 26.3 Å². The molecule has 1 aromatic carbocycles. The van der Waals surface area contributed by atoms with E-state index < -0.39 is 0 Å². The van der Waals surface area contributed by atoms with Crippen molar-refractivity contribution in [1.29, 1.82) is 0 Å². The molecule has 0 aliphatic carbocycles. The molecule has 1 heteroatoms. The molecule has 0 spiro atoms. The van der Waals surface area contributed by atoms with Crippen LogP contribution in [0.2, 0.25) is 0 Å². The van der Waals surface area contributed by atoms with E-state index in [9.17, 15) is 0 Å². The van der Waals surface area contributed by atoms with Gasteiger partial charge >= 0.3 is 0 Å².